The molecule has 44 heavy (non-hydrogen) atoms. The number of hydrazine groups is 1. The number of carbonyl (C=O) groups excluding carboxylic acids is 3. The Hall–Kier alpha value is -4.11. The van der Waals surface area contributed by atoms with Crippen LogP contribution in [-0.2, 0) is 29.1 Å². The van der Waals surface area contributed by atoms with Crippen LogP contribution >= 0.6 is 23.2 Å². The van der Waals surface area contributed by atoms with Gasteiger partial charge < -0.3 is 15.1 Å². The van der Waals surface area contributed by atoms with Crippen molar-refractivity contribution in [3.8, 4) is 0 Å². The summed E-state index contributed by atoms with van der Waals surface area (Å²) >= 11 is 12.2. The minimum absolute atomic E-state index is 0.000618. The molecule has 2 fully saturated rings. The van der Waals surface area contributed by atoms with Gasteiger partial charge in [0.25, 0.3) is 0 Å². The van der Waals surface area contributed by atoms with Crippen LogP contribution in [0.25, 0.3) is 10.8 Å². The van der Waals surface area contributed by atoms with Crippen LogP contribution in [0.4, 0.5) is 4.79 Å². The standard InChI is InChI=1S/C34H33Cl2N5O3/c1-2-39(34(44)37-19-24-15-16-28(35)29(36)17-24)40-22-32(42)41-30(18-23-9-4-3-5-10-23)33(43)38(21-31(40)41)20-26-13-8-12-25-11-6-7-14-27(25)26/h3-17,30-31H,2,18-22H2,1H3,(H,37,44)/t30-,31+/m0/s1. The molecule has 2 atom stereocenters. The summed E-state index contributed by atoms with van der Waals surface area (Å²) < 4.78 is 0. The molecule has 0 saturated carbocycles. The van der Waals surface area contributed by atoms with Crippen molar-refractivity contribution in [2.45, 2.75) is 38.6 Å². The second-order valence-electron chi connectivity index (χ2n) is 11.1. The highest BCUT2D eigenvalue weighted by molar-refractivity contribution is 6.42. The van der Waals surface area contributed by atoms with E-state index in [4.69, 9.17) is 23.2 Å². The number of hydrogen-bond acceptors (Lipinski definition) is 4. The van der Waals surface area contributed by atoms with E-state index in [9.17, 15) is 14.4 Å². The SMILES string of the molecule is CCN(C(=O)NCc1ccc(Cl)c(Cl)c1)N1CC(=O)N2[C@@H](Cc3ccccc3)C(=O)N(Cc3cccc4ccccc34)C[C@@H]21. The van der Waals surface area contributed by atoms with Crippen LogP contribution in [-0.4, -0.2) is 69.5 Å². The summed E-state index contributed by atoms with van der Waals surface area (Å²) in [6.45, 7) is 3.12. The molecule has 226 valence electrons. The lowest BCUT2D eigenvalue weighted by Gasteiger charge is -2.46. The number of fused-ring (bicyclic) bond motifs is 2. The predicted octanol–water partition coefficient (Wildman–Crippen LogP) is 5.72. The molecule has 0 radical (unpaired) electrons. The highest BCUT2D eigenvalue weighted by atomic mass is 35.5. The highest BCUT2D eigenvalue weighted by Gasteiger charge is 2.52. The lowest BCUT2D eigenvalue weighted by atomic mass is 9.99. The van der Waals surface area contributed by atoms with E-state index in [2.05, 4.69) is 23.5 Å². The van der Waals surface area contributed by atoms with Gasteiger partial charge in [-0.15, -0.1) is 0 Å². The molecule has 1 N–H and O–H groups in total. The Balaban J connectivity index is 1.28. The van der Waals surface area contributed by atoms with Crippen LogP contribution in [0.2, 0.25) is 10.0 Å². The number of benzene rings is 4. The number of nitrogens with one attached hydrogen (secondary N) is 1. The van der Waals surface area contributed by atoms with Crippen molar-refractivity contribution in [2.24, 2.45) is 0 Å². The average Bonchev–Trinajstić information content (AvgIpc) is 3.35. The molecule has 0 aromatic heterocycles. The predicted molar refractivity (Wildman–Crippen MR) is 172 cm³/mol. The van der Waals surface area contributed by atoms with Gasteiger partial charge in [-0.25, -0.2) is 4.79 Å². The minimum atomic E-state index is -0.693. The van der Waals surface area contributed by atoms with Gasteiger partial charge in [0, 0.05) is 26.1 Å². The maximum atomic E-state index is 14.1. The molecule has 10 heteroatoms. The molecule has 6 rings (SSSR count). The van der Waals surface area contributed by atoms with Crippen LogP contribution in [0, 0.1) is 0 Å². The lowest BCUT2D eigenvalue weighted by Crippen LogP contribution is -2.66. The van der Waals surface area contributed by atoms with E-state index in [1.807, 2.05) is 66.4 Å². The second-order valence-corrected chi connectivity index (χ2v) is 11.9. The van der Waals surface area contributed by atoms with E-state index < -0.39 is 12.2 Å². The molecule has 4 amide bonds. The first-order valence-electron chi connectivity index (χ1n) is 14.7. The lowest BCUT2D eigenvalue weighted by molar-refractivity contribution is -0.157. The first kappa shape index (κ1) is 29.9. The summed E-state index contributed by atoms with van der Waals surface area (Å²) in [6, 6.07) is 28.1. The Kier molecular flexibility index (Phi) is 8.75. The van der Waals surface area contributed by atoms with E-state index >= 15 is 0 Å². The summed E-state index contributed by atoms with van der Waals surface area (Å²) in [5.41, 5.74) is 2.80. The maximum absolute atomic E-state index is 14.1. The number of rotatable bonds is 8. The molecule has 2 saturated heterocycles. The van der Waals surface area contributed by atoms with Crippen LogP contribution in [0.15, 0.2) is 91.0 Å². The van der Waals surface area contributed by atoms with Crippen molar-refractivity contribution in [3.05, 3.63) is 118 Å². The maximum Gasteiger partial charge on any atom is 0.332 e. The molecule has 8 nitrogen and oxygen atoms in total. The molecule has 0 aliphatic carbocycles. The van der Waals surface area contributed by atoms with Gasteiger partial charge >= 0.3 is 6.03 Å². The van der Waals surface area contributed by atoms with E-state index in [0.29, 0.717) is 29.6 Å². The second kappa shape index (κ2) is 12.9. The van der Waals surface area contributed by atoms with Crippen LogP contribution in [0.3, 0.4) is 0 Å². The summed E-state index contributed by atoms with van der Waals surface area (Å²) in [5.74, 6) is -0.273. The first-order chi connectivity index (χ1) is 21.3. The molecule has 4 aromatic carbocycles. The number of halogens is 2. The zero-order chi connectivity index (χ0) is 30.8. The molecule has 0 unspecified atom stereocenters. The summed E-state index contributed by atoms with van der Waals surface area (Å²) in [4.78, 5) is 44.8. The van der Waals surface area contributed by atoms with Gasteiger partial charge in [-0.3, -0.25) is 14.6 Å². The molecule has 4 aromatic rings. The van der Waals surface area contributed by atoms with Crippen molar-refractivity contribution in [1.82, 2.24) is 25.1 Å². The number of urea groups is 1. The minimum Gasteiger partial charge on any atom is -0.333 e. The first-order valence-corrected chi connectivity index (χ1v) is 15.5. The van der Waals surface area contributed by atoms with Crippen molar-refractivity contribution >= 4 is 51.8 Å². The van der Waals surface area contributed by atoms with Gasteiger partial charge in [0.1, 0.15) is 12.2 Å². The van der Waals surface area contributed by atoms with Crippen LogP contribution in [0.5, 0.6) is 0 Å². The van der Waals surface area contributed by atoms with Crippen molar-refractivity contribution in [1.29, 1.82) is 0 Å². The number of hydrogen-bond donors (Lipinski definition) is 1. The fourth-order valence-electron chi connectivity index (χ4n) is 6.22. The Morgan fingerprint density at radius 1 is 0.909 bits per heavy atom. The Bertz CT molecular complexity index is 1700. The van der Waals surface area contributed by atoms with E-state index in [1.165, 1.54) is 0 Å². The Morgan fingerprint density at radius 2 is 1.66 bits per heavy atom. The average molecular weight is 631 g/mol. The fourth-order valence-corrected chi connectivity index (χ4v) is 6.54. The number of piperazine rings is 1. The fraction of sp³-hybridized carbons (Fsp3) is 0.265. The van der Waals surface area contributed by atoms with E-state index in [1.54, 1.807) is 33.1 Å². The molecule has 2 aliphatic heterocycles. The number of nitrogens with zero attached hydrogens (tertiary/aromatic N) is 4. The summed E-state index contributed by atoms with van der Waals surface area (Å²) in [6.07, 6.45) is -0.114. The van der Waals surface area contributed by atoms with Crippen molar-refractivity contribution < 1.29 is 14.4 Å². The normalized spacial score (nSPS) is 18.5. The highest BCUT2D eigenvalue weighted by Crippen LogP contribution is 2.31. The molecule has 2 aliphatic rings. The third kappa shape index (κ3) is 5.98. The van der Waals surface area contributed by atoms with Gasteiger partial charge in [0.2, 0.25) is 11.8 Å². The van der Waals surface area contributed by atoms with Crippen molar-refractivity contribution in [3.63, 3.8) is 0 Å². The number of amides is 4. The van der Waals surface area contributed by atoms with Gasteiger partial charge in [0.05, 0.1) is 23.1 Å². The van der Waals surface area contributed by atoms with Gasteiger partial charge in [0.15, 0.2) is 0 Å². The zero-order valence-corrected chi connectivity index (χ0v) is 25.8. The van der Waals surface area contributed by atoms with Crippen molar-refractivity contribution in [2.75, 3.05) is 19.6 Å². The van der Waals surface area contributed by atoms with Crippen LogP contribution in [0.1, 0.15) is 23.6 Å². The molecule has 2 heterocycles. The smallest absolute Gasteiger partial charge is 0.332 e. The zero-order valence-electron chi connectivity index (χ0n) is 24.3. The van der Waals surface area contributed by atoms with Gasteiger partial charge in [-0.1, -0.05) is 102 Å². The van der Waals surface area contributed by atoms with E-state index in [-0.39, 0.29) is 37.5 Å². The summed E-state index contributed by atoms with van der Waals surface area (Å²) in [7, 11) is 0. The molecule has 0 spiro atoms. The van der Waals surface area contributed by atoms with Crippen LogP contribution < -0.4 is 5.32 Å². The van der Waals surface area contributed by atoms with E-state index in [0.717, 1.165) is 27.5 Å². The molecular formula is C34H33Cl2N5O3. The molecule has 0 bridgehead atoms. The van der Waals surface area contributed by atoms with Gasteiger partial charge in [-0.2, -0.15) is 5.01 Å². The quantitative estimate of drug-likeness (QED) is 0.271. The monoisotopic (exact) mass is 629 g/mol. The molecular weight excluding hydrogens is 597 g/mol. The van der Waals surface area contributed by atoms with Gasteiger partial charge in [-0.05, 0) is 46.5 Å². The Morgan fingerprint density at radius 3 is 2.43 bits per heavy atom. The largest absolute Gasteiger partial charge is 0.333 e. The third-order valence-corrected chi connectivity index (χ3v) is 9.09. The third-order valence-electron chi connectivity index (χ3n) is 8.35. The topological polar surface area (TPSA) is 76.2 Å². The summed E-state index contributed by atoms with van der Waals surface area (Å²) in [5, 5.41) is 9.35. The number of carbonyl (C=O) groups is 3. The Labute approximate surface area is 266 Å².